The third-order valence-corrected chi connectivity index (χ3v) is 5.07. The molecular formula is C26H29NO3. The predicted molar refractivity (Wildman–Crippen MR) is 122 cm³/mol. The number of nitrogens with one attached hydrogen (secondary N) is 1. The van der Waals surface area contributed by atoms with Gasteiger partial charge in [-0.25, -0.2) is 0 Å². The fraction of sp³-hybridized carbons (Fsp3) is 0.269. The monoisotopic (exact) mass is 403 g/mol. The van der Waals surface area contributed by atoms with Crippen molar-refractivity contribution < 1.29 is 14.3 Å². The smallest absolute Gasteiger partial charge is 0.255 e. The topological polar surface area (TPSA) is 47.6 Å². The number of aryl methyl sites for hydroxylation is 2. The fourth-order valence-corrected chi connectivity index (χ4v) is 3.00. The second kappa shape index (κ2) is 10.5. The number of hydrogen-bond donors (Lipinski definition) is 1. The van der Waals surface area contributed by atoms with Crippen LogP contribution in [0.15, 0.2) is 66.7 Å². The minimum absolute atomic E-state index is 0.122. The molecule has 3 aromatic carbocycles. The fourth-order valence-electron chi connectivity index (χ4n) is 3.00. The molecule has 0 aliphatic rings. The summed E-state index contributed by atoms with van der Waals surface area (Å²) in [5.41, 5.74) is 4.91. The highest BCUT2D eigenvalue weighted by Crippen LogP contribution is 2.20. The van der Waals surface area contributed by atoms with Crippen molar-refractivity contribution in [1.82, 2.24) is 0 Å². The number of rotatable bonds is 9. The summed E-state index contributed by atoms with van der Waals surface area (Å²) < 4.78 is 11.5. The molecule has 1 amide bonds. The molecule has 0 unspecified atom stereocenters. The number of carbonyl (C=O) groups is 1. The second-order valence-electron chi connectivity index (χ2n) is 7.44. The molecule has 0 fully saturated rings. The Kier molecular flexibility index (Phi) is 7.50. The van der Waals surface area contributed by atoms with Gasteiger partial charge in [0.05, 0.1) is 13.2 Å². The number of benzene rings is 3. The molecular weight excluding hydrogens is 374 g/mol. The molecule has 0 saturated heterocycles. The van der Waals surface area contributed by atoms with Crippen LogP contribution in [0.2, 0.25) is 0 Å². The Morgan fingerprint density at radius 1 is 0.767 bits per heavy atom. The standard InChI is InChI=1S/C26H29NO3/c1-19-9-13-23(14-10-19)29-17-4-5-18-30-24-15-11-22(12-16-24)26(28)27-25-8-6-7-20(2)21(25)3/h6-16H,4-5,17-18H2,1-3H3,(H,27,28). The van der Waals surface area contributed by atoms with Crippen LogP contribution in [0.25, 0.3) is 0 Å². The largest absolute Gasteiger partial charge is 0.494 e. The molecule has 156 valence electrons. The van der Waals surface area contributed by atoms with Gasteiger partial charge >= 0.3 is 0 Å². The zero-order valence-corrected chi connectivity index (χ0v) is 17.9. The van der Waals surface area contributed by atoms with Crippen LogP contribution in [-0.4, -0.2) is 19.1 Å². The highest BCUT2D eigenvalue weighted by Gasteiger charge is 2.09. The first-order chi connectivity index (χ1) is 14.5. The van der Waals surface area contributed by atoms with Crippen LogP contribution in [0, 0.1) is 20.8 Å². The predicted octanol–water partition coefficient (Wildman–Crippen LogP) is 6.10. The number of anilines is 1. The SMILES string of the molecule is Cc1ccc(OCCCCOc2ccc(C(=O)Nc3cccc(C)c3C)cc2)cc1. The maximum Gasteiger partial charge on any atom is 0.255 e. The van der Waals surface area contributed by atoms with Gasteiger partial charge in [0, 0.05) is 11.3 Å². The van der Waals surface area contributed by atoms with Gasteiger partial charge in [-0.05, 0) is 87.2 Å². The van der Waals surface area contributed by atoms with Gasteiger partial charge in [0.2, 0.25) is 0 Å². The van der Waals surface area contributed by atoms with E-state index in [2.05, 4.69) is 12.2 Å². The maximum atomic E-state index is 12.5. The summed E-state index contributed by atoms with van der Waals surface area (Å²) in [6, 6.07) is 21.2. The summed E-state index contributed by atoms with van der Waals surface area (Å²) in [5.74, 6) is 1.54. The normalized spacial score (nSPS) is 10.5. The molecule has 4 heteroatoms. The zero-order valence-electron chi connectivity index (χ0n) is 17.9. The molecule has 0 aromatic heterocycles. The molecule has 3 aromatic rings. The second-order valence-corrected chi connectivity index (χ2v) is 7.44. The lowest BCUT2D eigenvalue weighted by Crippen LogP contribution is -2.13. The first kappa shape index (κ1) is 21.4. The molecule has 0 aliphatic heterocycles. The van der Waals surface area contributed by atoms with Gasteiger partial charge in [0.25, 0.3) is 5.91 Å². The Bertz CT molecular complexity index is 963. The number of hydrogen-bond acceptors (Lipinski definition) is 3. The zero-order chi connectivity index (χ0) is 21.3. The van der Waals surface area contributed by atoms with Crippen LogP contribution in [0.3, 0.4) is 0 Å². The maximum absolute atomic E-state index is 12.5. The number of amides is 1. The molecule has 0 aliphatic carbocycles. The Hall–Kier alpha value is -3.27. The van der Waals surface area contributed by atoms with Gasteiger partial charge in [-0.2, -0.15) is 0 Å². The lowest BCUT2D eigenvalue weighted by molar-refractivity contribution is 0.102. The van der Waals surface area contributed by atoms with Crippen molar-refractivity contribution >= 4 is 11.6 Å². The summed E-state index contributed by atoms with van der Waals surface area (Å²) in [6.45, 7) is 7.39. The molecule has 0 radical (unpaired) electrons. The van der Waals surface area contributed by atoms with E-state index >= 15 is 0 Å². The van der Waals surface area contributed by atoms with E-state index in [1.807, 2.05) is 68.4 Å². The molecule has 0 saturated carbocycles. The average Bonchev–Trinajstić information content (AvgIpc) is 2.75. The van der Waals surface area contributed by atoms with E-state index in [1.54, 1.807) is 12.1 Å². The van der Waals surface area contributed by atoms with Gasteiger partial charge < -0.3 is 14.8 Å². The first-order valence-corrected chi connectivity index (χ1v) is 10.3. The molecule has 3 rings (SSSR count). The summed E-state index contributed by atoms with van der Waals surface area (Å²) in [7, 11) is 0. The highest BCUT2D eigenvalue weighted by molar-refractivity contribution is 6.04. The van der Waals surface area contributed by atoms with Gasteiger partial charge in [0.1, 0.15) is 11.5 Å². The van der Waals surface area contributed by atoms with Gasteiger partial charge in [0.15, 0.2) is 0 Å². The Morgan fingerprint density at radius 2 is 1.33 bits per heavy atom. The van der Waals surface area contributed by atoms with Crippen molar-refractivity contribution in [2.45, 2.75) is 33.6 Å². The van der Waals surface area contributed by atoms with Crippen molar-refractivity contribution in [3.05, 3.63) is 89.0 Å². The Labute approximate surface area is 178 Å². The molecule has 4 nitrogen and oxygen atoms in total. The van der Waals surface area contributed by atoms with Crippen LogP contribution in [-0.2, 0) is 0 Å². The van der Waals surface area contributed by atoms with Gasteiger partial charge in [-0.1, -0.05) is 29.8 Å². The van der Waals surface area contributed by atoms with E-state index in [0.717, 1.165) is 41.2 Å². The minimum atomic E-state index is -0.122. The van der Waals surface area contributed by atoms with E-state index in [4.69, 9.17) is 9.47 Å². The van der Waals surface area contributed by atoms with Crippen molar-refractivity contribution in [2.75, 3.05) is 18.5 Å². The van der Waals surface area contributed by atoms with E-state index < -0.39 is 0 Å². The Morgan fingerprint density at radius 3 is 1.93 bits per heavy atom. The van der Waals surface area contributed by atoms with E-state index in [1.165, 1.54) is 5.56 Å². The lowest BCUT2D eigenvalue weighted by atomic mass is 10.1. The molecule has 0 bridgehead atoms. The quantitative estimate of drug-likeness (QED) is 0.439. The molecule has 1 N–H and O–H groups in total. The summed E-state index contributed by atoms with van der Waals surface area (Å²) >= 11 is 0. The third kappa shape index (κ3) is 6.11. The third-order valence-electron chi connectivity index (χ3n) is 5.07. The van der Waals surface area contributed by atoms with E-state index in [9.17, 15) is 4.79 Å². The molecule has 30 heavy (non-hydrogen) atoms. The van der Waals surface area contributed by atoms with Crippen molar-refractivity contribution in [3.63, 3.8) is 0 Å². The summed E-state index contributed by atoms with van der Waals surface area (Å²) in [6.07, 6.45) is 1.82. The average molecular weight is 404 g/mol. The highest BCUT2D eigenvalue weighted by atomic mass is 16.5. The number of unbranched alkanes of at least 4 members (excludes halogenated alkanes) is 1. The van der Waals surface area contributed by atoms with Crippen LogP contribution < -0.4 is 14.8 Å². The summed E-state index contributed by atoms with van der Waals surface area (Å²) in [5, 5.41) is 2.98. The number of ether oxygens (including phenoxy) is 2. The molecule has 0 atom stereocenters. The van der Waals surface area contributed by atoms with Crippen LogP contribution in [0.5, 0.6) is 11.5 Å². The number of carbonyl (C=O) groups excluding carboxylic acids is 1. The van der Waals surface area contributed by atoms with Gasteiger partial charge in [-0.3, -0.25) is 4.79 Å². The van der Waals surface area contributed by atoms with Crippen molar-refractivity contribution in [1.29, 1.82) is 0 Å². The van der Waals surface area contributed by atoms with Crippen LogP contribution in [0.1, 0.15) is 39.9 Å². The van der Waals surface area contributed by atoms with Gasteiger partial charge in [-0.15, -0.1) is 0 Å². The minimum Gasteiger partial charge on any atom is -0.494 e. The Balaban J connectivity index is 1.39. The van der Waals surface area contributed by atoms with Crippen molar-refractivity contribution in [2.24, 2.45) is 0 Å². The van der Waals surface area contributed by atoms with E-state index in [-0.39, 0.29) is 5.91 Å². The lowest BCUT2D eigenvalue weighted by Gasteiger charge is -2.11. The molecule has 0 heterocycles. The summed E-state index contributed by atoms with van der Waals surface area (Å²) in [4.78, 5) is 12.5. The van der Waals surface area contributed by atoms with Crippen LogP contribution in [0.4, 0.5) is 5.69 Å². The first-order valence-electron chi connectivity index (χ1n) is 10.3. The molecule has 0 spiro atoms. The van der Waals surface area contributed by atoms with E-state index in [0.29, 0.717) is 18.8 Å². The van der Waals surface area contributed by atoms with Crippen LogP contribution >= 0.6 is 0 Å². The van der Waals surface area contributed by atoms with Crippen molar-refractivity contribution in [3.8, 4) is 11.5 Å².